The molecule has 0 saturated carbocycles. The van der Waals surface area contributed by atoms with E-state index in [0.29, 0.717) is 6.54 Å². The fourth-order valence-corrected chi connectivity index (χ4v) is 1.75. The van der Waals surface area contributed by atoms with Gasteiger partial charge in [-0.2, -0.15) is 0 Å². The monoisotopic (exact) mass is 250 g/mol. The third kappa shape index (κ3) is 4.95. The number of hydrogen-bond acceptors (Lipinski definition) is 2. The van der Waals surface area contributed by atoms with Crippen LogP contribution in [0.15, 0.2) is 30.3 Å². The number of nitrogens with two attached hydrogens (primary N) is 1. The standard InChI is InChI=1S/C13H18N2OS/c1-2-8-15(13(16)9-12(14)17)10-11-6-4-3-5-7-11/h3-7H,2,8-10H2,1H3,(H2,14,17). The molecular weight excluding hydrogens is 232 g/mol. The van der Waals surface area contributed by atoms with E-state index in [1.54, 1.807) is 4.90 Å². The van der Waals surface area contributed by atoms with Crippen LogP contribution in [0.5, 0.6) is 0 Å². The molecule has 0 heterocycles. The highest BCUT2D eigenvalue weighted by atomic mass is 32.1. The van der Waals surface area contributed by atoms with Crippen LogP contribution in [0.3, 0.4) is 0 Å². The zero-order valence-corrected chi connectivity index (χ0v) is 10.9. The van der Waals surface area contributed by atoms with Gasteiger partial charge >= 0.3 is 0 Å². The summed E-state index contributed by atoms with van der Waals surface area (Å²) in [4.78, 5) is 14.0. The summed E-state index contributed by atoms with van der Waals surface area (Å²) in [6, 6.07) is 9.92. The molecule has 0 radical (unpaired) electrons. The Morgan fingerprint density at radius 1 is 1.35 bits per heavy atom. The van der Waals surface area contributed by atoms with Gasteiger partial charge in [0.15, 0.2) is 0 Å². The summed E-state index contributed by atoms with van der Waals surface area (Å²) in [7, 11) is 0. The molecule has 0 aliphatic carbocycles. The van der Waals surface area contributed by atoms with Gasteiger partial charge in [0, 0.05) is 13.1 Å². The van der Waals surface area contributed by atoms with Crippen molar-refractivity contribution < 1.29 is 4.79 Å². The third-order valence-electron chi connectivity index (χ3n) is 2.39. The summed E-state index contributed by atoms with van der Waals surface area (Å²) < 4.78 is 0. The van der Waals surface area contributed by atoms with E-state index in [-0.39, 0.29) is 17.3 Å². The van der Waals surface area contributed by atoms with Crippen LogP contribution in [0.4, 0.5) is 0 Å². The highest BCUT2D eigenvalue weighted by Crippen LogP contribution is 2.07. The molecule has 4 heteroatoms. The molecule has 1 aromatic carbocycles. The van der Waals surface area contributed by atoms with Crippen LogP contribution in [-0.2, 0) is 11.3 Å². The van der Waals surface area contributed by atoms with E-state index in [1.807, 2.05) is 37.3 Å². The zero-order chi connectivity index (χ0) is 12.7. The number of amides is 1. The normalized spacial score (nSPS) is 9.94. The summed E-state index contributed by atoms with van der Waals surface area (Å²) in [5.41, 5.74) is 6.53. The van der Waals surface area contributed by atoms with Gasteiger partial charge in [-0.1, -0.05) is 49.5 Å². The minimum atomic E-state index is 0.00297. The fourth-order valence-electron chi connectivity index (χ4n) is 1.63. The molecule has 1 amide bonds. The Hall–Kier alpha value is -1.42. The van der Waals surface area contributed by atoms with Crippen molar-refractivity contribution in [1.29, 1.82) is 0 Å². The number of thiocarbonyl (C=S) groups is 1. The molecule has 2 N–H and O–H groups in total. The van der Waals surface area contributed by atoms with E-state index in [1.165, 1.54) is 0 Å². The number of carbonyl (C=O) groups excluding carboxylic acids is 1. The smallest absolute Gasteiger partial charge is 0.229 e. The first-order valence-electron chi connectivity index (χ1n) is 5.73. The number of carbonyl (C=O) groups is 1. The van der Waals surface area contributed by atoms with Crippen LogP contribution >= 0.6 is 12.2 Å². The average molecular weight is 250 g/mol. The predicted octanol–water partition coefficient (Wildman–Crippen LogP) is 2.10. The Kier molecular flexibility index (Phi) is 5.63. The number of rotatable bonds is 6. The molecule has 0 unspecified atom stereocenters. The van der Waals surface area contributed by atoms with Crippen molar-refractivity contribution in [2.75, 3.05) is 6.54 Å². The van der Waals surface area contributed by atoms with E-state index >= 15 is 0 Å². The summed E-state index contributed by atoms with van der Waals surface area (Å²) >= 11 is 4.77. The summed E-state index contributed by atoms with van der Waals surface area (Å²) in [6.45, 7) is 3.40. The minimum absolute atomic E-state index is 0.00297. The molecule has 1 rings (SSSR count). The second-order valence-corrected chi connectivity index (χ2v) is 4.47. The van der Waals surface area contributed by atoms with Gasteiger partial charge in [0.25, 0.3) is 0 Å². The van der Waals surface area contributed by atoms with Crippen LogP contribution < -0.4 is 5.73 Å². The van der Waals surface area contributed by atoms with Crippen LogP contribution in [0.2, 0.25) is 0 Å². The lowest BCUT2D eigenvalue weighted by Gasteiger charge is -2.22. The summed E-state index contributed by atoms with van der Waals surface area (Å²) in [5.74, 6) is 0.00297. The van der Waals surface area contributed by atoms with E-state index in [2.05, 4.69) is 0 Å². The second-order valence-electron chi connectivity index (χ2n) is 3.94. The molecule has 17 heavy (non-hydrogen) atoms. The maximum atomic E-state index is 11.9. The van der Waals surface area contributed by atoms with E-state index in [4.69, 9.17) is 18.0 Å². The van der Waals surface area contributed by atoms with Gasteiger partial charge in [-0.05, 0) is 12.0 Å². The van der Waals surface area contributed by atoms with Gasteiger partial charge in [0.2, 0.25) is 5.91 Å². The molecule has 0 atom stereocenters. The van der Waals surface area contributed by atoms with Crippen molar-refractivity contribution in [3.63, 3.8) is 0 Å². The number of hydrogen-bond donors (Lipinski definition) is 1. The van der Waals surface area contributed by atoms with Crippen molar-refractivity contribution in [2.45, 2.75) is 26.3 Å². The highest BCUT2D eigenvalue weighted by Gasteiger charge is 2.13. The van der Waals surface area contributed by atoms with E-state index < -0.39 is 0 Å². The molecular formula is C13H18N2OS. The van der Waals surface area contributed by atoms with Crippen molar-refractivity contribution in [3.05, 3.63) is 35.9 Å². The Balaban J connectivity index is 2.66. The molecule has 3 nitrogen and oxygen atoms in total. The molecule has 0 bridgehead atoms. The first-order chi connectivity index (χ1) is 8.13. The SMILES string of the molecule is CCCN(Cc1ccccc1)C(=O)CC(N)=S. The molecule has 0 fully saturated rings. The fraction of sp³-hybridized carbons (Fsp3) is 0.385. The molecule has 0 spiro atoms. The second kappa shape index (κ2) is 7.01. The summed E-state index contributed by atoms with van der Waals surface area (Å²) in [5, 5.41) is 0. The van der Waals surface area contributed by atoms with Crippen molar-refractivity contribution >= 4 is 23.1 Å². The van der Waals surface area contributed by atoms with E-state index in [0.717, 1.165) is 18.5 Å². The van der Waals surface area contributed by atoms with E-state index in [9.17, 15) is 4.79 Å². The van der Waals surface area contributed by atoms with Gasteiger partial charge in [0.1, 0.15) is 0 Å². The van der Waals surface area contributed by atoms with Crippen molar-refractivity contribution in [3.8, 4) is 0 Å². The topological polar surface area (TPSA) is 46.3 Å². The quantitative estimate of drug-likeness (QED) is 0.786. The average Bonchev–Trinajstić information content (AvgIpc) is 2.29. The minimum Gasteiger partial charge on any atom is -0.393 e. The Bertz CT molecular complexity index is 378. The van der Waals surface area contributed by atoms with Crippen molar-refractivity contribution in [2.24, 2.45) is 5.73 Å². The van der Waals surface area contributed by atoms with Gasteiger partial charge in [0.05, 0.1) is 11.4 Å². The largest absolute Gasteiger partial charge is 0.393 e. The molecule has 1 aromatic rings. The van der Waals surface area contributed by atoms with Crippen LogP contribution in [0, 0.1) is 0 Å². The van der Waals surface area contributed by atoms with Crippen LogP contribution in [-0.4, -0.2) is 22.3 Å². The lowest BCUT2D eigenvalue weighted by atomic mass is 10.2. The maximum Gasteiger partial charge on any atom is 0.229 e. The van der Waals surface area contributed by atoms with Gasteiger partial charge in [-0.15, -0.1) is 0 Å². The molecule has 92 valence electrons. The van der Waals surface area contributed by atoms with Crippen LogP contribution in [0.1, 0.15) is 25.3 Å². The molecule has 0 aromatic heterocycles. The Morgan fingerprint density at radius 3 is 2.53 bits per heavy atom. The lowest BCUT2D eigenvalue weighted by molar-refractivity contribution is -0.130. The Labute approximate surface area is 108 Å². The highest BCUT2D eigenvalue weighted by molar-refractivity contribution is 7.80. The van der Waals surface area contributed by atoms with Gasteiger partial charge in [-0.3, -0.25) is 4.79 Å². The Morgan fingerprint density at radius 2 is 2.00 bits per heavy atom. The zero-order valence-electron chi connectivity index (χ0n) is 10.1. The predicted molar refractivity (Wildman–Crippen MR) is 73.6 cm³/mol. The summed E-state index contributed by atoms with van der Waals surface area (Å²) in [6.07, 6.45) is 1.08. The lowest BCUT2D eigenvalue weighted by Crippen LogP contribution is -2.33. The first-order valence-corrected chi connectivity index (χ1v) is 6.14. The van der Waals surface area contributed by atoms with Gasteiger partial charge < -0.3 is 10.6 Å². The molecule has 0 aliphatic rings. The number of nitrogens with zero attached hydrogens (tertiary/aromatic N) is 1. The van der Waals surface area contributed by atoms with Crippen molar-refractivity contribution in [1.82, 2.24) is 4.90 Å². The first kappa shape index (κ1) is 13.6. The molecule has 0 saturated heterocycles. The number of benzene rings is 1. The molecule has 0 aliphatic heterocycles. The third-order valence-corrected chi connectivity index (χ3v) is 2.53. The van der Waals surface area contributed by atoms with Gasteiger partial charge in [-0.25, -0.2) is 0 Å². The van der Waals surface area contributed by atoms with Crippen LogP contribution in [0.25, 0.3) is 0 Å². The maximum absolute atomic E-state index is 11.9.